The molecule has 0 saturated carbocycles. The lowest BCUT2D eigenvalue weighted by molar-refractivity contribution is 0.414. The Balaban J connectivity index is 1.94. The number of aryl methyl sites for hydroxylation is 2. The number of rotatable bonds is 4. The summed E-state index contributed by atoms with van der Waals surface area (Å²) >= 11 is 0. The van der Waals surface area contributed by atoms with E-state index in [1.165, 1.54) is 5.56 Å². The summed E-state index contributed by atoms with van der Waals surface area (Å²) in [6.45, 7) is 0. The van der Waals surface area contributed by atoms with Crippen LogP contribution in [-0.2, 0) is 12.8 Å². The fraction of sp³-hybridized carbons (Fsp3) is 0.231. The van der Waals surface area contributed by atoms with Gasteiger partial charge in [-0.25, -0.2) is 0 Å². The zero-order valence-electron chi connectivity index (χ0n) is 9.26. The molecule has 0 aliphatic carbocycles. The van der Waals surface area contributed by atoms with Crippen molar-refractivity contribution in [3.8, 4) is 5.75 Å². The molecular weight excluding hydrogens is 200 g/mol. The summed E-state index contributed by atoms with van der Waals surface area (Å²) in [6.07, 6.45) is 3.58. The predicted molar refractivity (Wildman–Crippen MR) is 62.4 cm³/mol. The van der Waals surface area contributed by atoms with Gasteiger partial charge in [0.25, 0.3) is 0 Å². The van der Waals surface area contributed by atoms with E-state index >= 15 is 0 Å². The molecule has 0 atom stereocenters. The van der Waals surface area contributed by atoms with Gasteiger partial charge in [-0.15, -0.1) is 0 Å². The molecule has 0 radical (unpaired) electrons. The van der Waals surface area contributed by atoms with Gasteiger partial charge in [0.05, 0.1) is 12.8 Å². The van der Waals surface area contributed by atoms with Crippen LogP contribution < -0.4 is 4.74 Å². The van der Waals surface area contributed by atoms with E-state index in [0.717, 1.165) is 24.3 Å². The Labute approximate surface area is 95.1 Å². The van der Waals surface area contributed by atoms with Gasteiger partial charge in [-0.2, -0.15) is 10.2 Å². The van der Waals surface area contributed by atoms with Crippen LogP contribution in [-0.4, -0.2) is 17.3 Å². The Morgan fingerprint density at radius 3 is 2.50 bits per heavy atom. The van der Waals surface area contributed by atoms with Crippen molar-refractivity contribution in [3.05, 3.63) is 53.9 Å². The summed E-state index contributed by atoms with van der Waals surface area (Å²) in [5, 5.41) is 7.91. The molecule has 0 unspecified atom stereocenters. The minimum absolute atomic E-state index is 0.892. The SMILES string of the molecule is COc1ccc(CCc2cccnn2)cc1. The fourth-order valence-electron chi connectivity index (χ4n) is 1.53. The molecule has 2 aromatic rings. The van der Waals surface area contributed by atoms with Crippen molar-refractivity contribution in [2.24, 2.45) is 0 Å². The maximum Gasteiger partial charge on any atom is 0.118 e. The number of benzene rings is 1. The number of aromatic nitrogens is 2. The van der Waals surface area contributed by atoms with Crippen LogP contribution >= 0.6 is 0 Å². The molecule has 0 amide bonds. The van der Waals surface area contributed by atoms with Crippen molar-refractivity contribution in [3.63, 3.8) is 0 Å². The Hall–Kier alpha value is -1.90. The number of methoxy groups -OCH3 is 1. The lowest BCUT2D eigenvalue weighted by atomic mass is 10.1. The predicted octanol–water partition coefficient (Wildman–Crippen LogP) is 2.27. The highest BCUT2D eigenvalue weighted by Gasteiger charge is 1.97. The van der Waals surface area contributed by atoms with Crippen LogP contribution in [0.2, 0.25) is 0 Å². The molecule has 1 aromatic heterocycles. The molecule has 3 nitrogen and oxygen atoms in total. The largest absolute Gasteiger partial charge is 0.497 e. The Morgan fingerprint density at radius 2 is 1.88 bits per heavy atom. The zero-order chi connectivity index (χ0) is 11.2. The average molecular weight is 214 g/mol. The molecule has 2 rings (SSSR count). The van der Waals surface area contributed by atoms with Crippen LogP contribution in [0.1, 0.15) is 11.3 Å². The van der Waals surface area contributed by atoms with Crippen LogP contribution in [0.4, 0.5) is 0 Å². The Kier molecular flexibility index (Phi) is 3.49. The topological polar surface area (TPSA) is 35.0 Å². The normalized spacial score (nSPS) is 10.1. The number of hydrogen-bond donors (Lipinski definition) is 0. The molecule has 0 bridgehead atoms. The van der Waals surface area contributed by atoms with Crippen LogP contribution in [0, 0.1) is 0 Å². The highest BCUT2D eigenvalue weighted by Crippen LogP contribution is 2.12. The second-order valence-corrected chi connectivity index (χ2v) is 3.56. The molecule has 0 spiro atoms. The van der Waals surface area contributed by atoms with Crippen LogP contribution in [0.3, 0.4) is 0 Å². The van der Waals surface area contributed by atoms with Crippen molar-refractivity contribution < 1.29 is 4.74 Å². The minimum Gasteiger partial charge on any atom is -0.497 e. The maximum atomic E-state index is 5.11. The molecule has 0 aliphatic heterocycles. The lowest BCUT2D eigenvalue weighted by Crippen LogP contribution is -1.95. The van der Waals surface area contributed by atoms with Crippen molar-refractivity contribution in [2.75, 3.05) is 7.11 Å². The van der Waals surface area contributed by atoms with E-state index in [-0.39, 0.29) is 0 Å². The second kappa shape index (κ2) is 5.26. The number of ether oxygens (including phenoxy) is 1. The molecule has 3 heteroatoms. The third-order valence-corrected chi connectivity index (χ3v) is 2.46. The molecule has 1 aromatic carbocycles. The molecule has 0 fully saturated rings. The van der Waals surface area contributed by atoms with E-state index < -0.39 is 0 Å². The Bertz CT molecular complexity index is 425. The third-order valence-electron chi connectivity index (χ3n) is 2.46. The van der Waals surface area contributed by atoms with Crippen molar-refractivity contribution >= 4 is 0 Å². The van der Waals surface area contributed by atoms with Crippen LogP contribution in [0.15, 0.2) is 42.6 Å². The van der Waals surface area contributed by atoms with E-state index in [1.54, 1.807) is 13.3 Å². The molecule has 0 aliphatic rings. The summed E-state index contributed by atoms with van der Waals surface area (Å²) < 4.78 is 5.11. The number of hydrogen-bond acceptors (Lipinski definition) is 3. The summed E-state index contributed by atoms with van der Waals surface area (Å²) in [6, 6.07) is 12.0. The van der Waals surface area contributed by atoms with Crippen molar-refractivity contribution in [1.29, 1.82) is 0 Å². The van der Waals surface area contributed by atoms with E-state index in [2.05, 4.69) is 22.3 Å². The summed E-state index contributed by atoms with van der Waals surface area (Å²) in [4.78, 5) is 0. The van der Waals surface area contributed by atoms with Gasteiger partial charge in [0.1, 0.15) is 5.75 Å². The highest BCUT2D eigenvalue weighted by atomic mass is 16.5. The van der Waals surface area contributed by atoms with Gasteiger partial charge in [-0.1, -0.05) is 12.1 Å². The van der Waals surface area contributed by atoms with Gasteiger partial charge in [0.2, 0.25) is 0 Å². The highest BCUT2D eigenvalue weighted by molar-refractivity contribution is 5.27. The third kappa shape index (κ3) is 2.79. The quantitative estimate of drug-likeness (QED) is 0.783. The molecule has 82 valence electrons. The van der Waals surface area contributed by atoms with Gasteiger partial charge in [0, 0.05) is 6.20 Å². The van der Waals surface area contributed by atoms with Crippen molar-refractivity contribution in [1.82, 2.24) is 10.2 Å². The first-order valence-electron chi connectivity index (χ1n) is 5.28. The monoisotopic (exact) mass is 214 g/mol. The average Bonchev–Trinajstić information content (AvgIpc) is 2.38. The van der Waals surface area contributed by atoms with Gasteiger partial charge >= 0.3 is 0 Å². The van der Waals surface area contributed by atoms with Gasteiger partial charge < -0.3 is 4.74 Å². The number of nitrogens with zero attached hydrogens (tertiary/aromatic N) is 2. The molecular formula is C13H14N2O. The lowest BCUT2D eigenvalue weighted by Gasteiger charge is -2.02. The van der Waals surface area contributed by atoms with E-state index in [0.29, 0.717) is 0 Å². The molecule has 1 heterocycles. The van der Waals surface area contributed by atoms with E-state index in [9.17, 15) is 0 Å². The smallest absolute Gasteiger partial charge is 0.118 e. The molecule has 16 heavy (non-hydrogen) atoms. The second-order valence-electron chi connectivity index (χ2n) is 3.56. The van der Waals surface area contributed by atoms with E-state index in [1.807, 2.05) is 24.3 Å². The van der Waals surface area contributed by atoms with Crippen molar-refractivity contribution in [2.45, 2.75) is 12.8 Å². The zero-order valence-corrected chi connectivity index (χ0v) is 9.26. The van der Waals surface area contributed by atoms with Gasteiger partial charge in [0.15, 0.2) is 0 Å². The molecule has 0 saturated heterocycles. The minimum atomic E-state index is 0.892. The first-order chi connectivity index (χ1) is 7.88. The summed E-state index contributed by atoms with van der Waals surface area (Å²) in [5.74, 6) is 0.892. The first kappa shape index (κ1) is 10.6. The summed E-state index contributed by atoms with van der Waals surface area (Å²) in [7, 11) is 1.68. The van der Waals surface area contributed by atoms with Gasteiger partial charge in [-0.3, -0.25) is 0 Å². The van der Waals surface area contributed by atoms with Gasteiger partial charge in [-0.05, 0) is 42.7 Å². The molecule has 0 N–H and O–H groups in total. The fourth-order valence-corrected chi connectivity index (χ4v) is 1.53. The van der Waals surface area contributed by atoms with E-state index in [4.69, 9.17) is 4.74 Å². The Morgan fingerprint density at radius 1 is 1.06 bits per heavy atom. The maximum absolute atomic E-state index is 5.11. The summed E-state index contributed by atoms with van der Waals surface area (Å²) in [5.41, 5.74) is 2.31. The first-order valence-corrected chi connectivity index (χ1v) is 5.28. The van der Waals surface area contributed by atoms with Crippen LogP contribution in [0.5, 0.6) is 5.75 Å². The van der Waals surface area contributed by atoms with Crippen LogP contribution in [0.25, 0.3) is 0 Å². The standard InChI is InChI=1S/C13H14N2O/c1-16-13-8-5-11(6-9-13)4-7-12-3-2-10-14-15-12/h2-3,5-6,8-10H,4,7H2,1H3.